The number of rotatable bonds is 4. The molecule has 2 amide bonds. The van der Waals surface area contributed by atoms with E-state index in [2.05, 4.69) is 25.8 Å². The van der Waals surface area contributed by atoms with E-state index in [0.717, 1.165) is 27.8 Å². The van der Waals surface area contributed by atoms with Crippen molar-refractivity contribution in [1.82, 2.24) is 4.90 Å². The molecular formula is C23H26F3N3OS. The standard InChI is InChI=1S/C23H26F3N3OS/c1-16-5-11-19(12-6-16)29-15-31-20(28(21(29)30)14-23(24,25)26)27-13-17-7-9-18(10-8-17)22(2,3)4/h5-12H,13-15H2,1-4H3/b27-20-. The topological polar surface area (TPSA) is 35.9 Å². The first-order chi connectivity index (χ1) is 14.4. The summed E-state index contributed by atoms with van der Waals surface area (Å²) in [6.45, 7) is 7.08. The summed E-state index contributed by atoms with van der Waals surface area (Å²) in [4.78, 5) is 19.3. The van der Waals surface area contributed by atoms with Gasteiger partial charge in [0.25, 0.3) is 0 Å². The number of benzene rings is 2. The highest BCUT2D eigenvalue weighted by atomic mass is 32.2. The molecule has 1 heterocycles. The van der Waals surface area contributed by atoms with Crippen LogP contribution in [0.2, 0.25) is 0 Å². The fourth-order valence-corrected chi connectivity index (χ4v) is 4.07. The summed E-state index contributed by atoms with van der Waals surface area (Å²) < 4.78 is 39.6. The van der Waals surface area contributed by atoms with Crippen LogP contribution in [0, 0.1) is 6.92 Å². The third-order valence-corrected chi connectivity index (χ3v) is 5.91. The van der Waals surface area contributed by atoms with Gasteiger partial charge in [0.05, 0.1) is 12.4 Å². The van der Waals surface area contributed by atoms with E-state index in [-0.39, 0.29) is 23.0 Å². The fourth-order valence-electron chi connectivity index (χ4n) is 3.11. The first-order valence-electron chi connectivity index (χ1n) is 9.93. The molecule has 0 bridgehead atoms. The van der Waals surface area contributed by atoms with E-state index in [9.17, 15) is 18.0 Å². The third kappa shape index (κ3) is 6.03. The van der Waals surface area contributed by atoms with E-state index in [4.69, 9.17) is 0 Å². The molecule has 31 heavy (non-hydrogen) atoms. The quantitative estimate of drug-likeness (QED) is 0.546. The van der Waals surface area contributed by atoms with Crippen LogP contribution in [0.25, 0.3) is 0 Å². The molecule has 1 saturated heterocycles. The lowest BCUT2D eigenvalue weighted by Gasteiger charge is -2.36. The van der Waals surface area contributed by atoms with Crippen LogP contribution in [-0.2, 0) is 12.0 Å². The van der Waals surface area contributed by atoms with Crippen LogP contribution < -0.4 is 4.90 Å². The van der Waals surface area contributed by atoms with Crippen molar-refractivity contribution in [2.45, 2.75) is 45.8 Å². The lowest BCUT2D eigenvalue weighted by molar-refractivity contribution is -0.133. The number of anilines is 1. The van der Waals surface area contributed by atoms with Crippen LogP contribution in [0.5, 0.6) is 0 Å². The van der Waals surface area contributed by atoms with Gasteiger partial charge in [0.1, 0.15) is 6.54 Å². The maximum Gasteiger partial charge on any atom is 0.406 e. The SMILES string of the molecule is Cc1ccc(N2CS/C(=N\Cc3ccc(C(C)(C)C)cc3)N(CC(F)(F)F)C2=O)cc1. The highest BCUT2D eigenvalue weighted by Crippen LogP contribution is 2.30. The molecule has 0 unspecified atom stereocenters. The molecule has 0 aromatic heterocycles. The lowest BCUT2D eigenvalue weighted by atomic mass is 9.87. The molecule has 2 aromatic rings. The number of nitrogens with zero attached hydrogens (tertiary/aromatic N) is 3. The van der Waals surface area contributed by atoms with Gasteiger partial charge in [-0.3, -0.25) is 14.8 Å². The van der Waals surface area contributed by atoms with Gasteiger partial charge in [-0.25, -0.2) is 4.79 Å². The maximum absolute atomic E-state index is 13.2. The van der Waals surface area contributed by atoms with Gasteiger partial charge in [-0.1, -0.05) is 74.5 Å². The van der Waals surface area contributed by atoms with E-state index in [1.54, 1.807) is 12.1 Å². The van der Waals surface area contributed by atoms with E-state index in [1.807, 2.05) is 43.3 Å². The van der Waals surface area contributed by atoms with E-state index < -0.39 is 18.8 Å². The largest absolute Gasteiger partial charge is 0.406 e. The minimum atomic E-state index is -4.53. The number of hydrogen-bond acceptors (Lipinski definition) is 3. The van der Waals surface area contributed by atoms with Crippen LogP contribution in [-0.4, -0.2) is 34.7 Å². The van der Waals surface area contributed by atoms with Gasteiger partial charge in [-0.2, -0.15) is 13.2 Å². The second kappa shape index (κ2) is 8.94. The summed E-state index contributed by atoms with van der Waals surface area (Å²) >= 11 is 1.13. The number of alkyl halides is 3. The van der Waals surface area contributed by atoms with Crippen molar-refractivity contribution in [3.63, 3.8) is 0 Å². The van der Waals surface area contributed by atoms with Gasteiger partial charge in [-0.05, 0) is 35.6 Å². The Morgan fingerprint density at radius 1 is 1.00 bits per heavy atom. The molecule has 1 fully saturated rings. The average molecular weight is 450 g/mol. The summed E-state index contributed by atoms with van der Waals surface area (Å²) in [5, 5.41) is 0.0885. The zero-order valence-electron chi connectivity index (χ0n) is 18.0. The zero-order chi connectivity index (χ0) is 22.8. The molecule has 3 rings (SSSR count). The molecule has 1 aliphatic heterocycles. The Morgan fingerprint density at radius 2 is 1.61 bits per heavy atom. The number of amidine groups is 1. The predicted molar refractivity (Wildman–Crippen MR) is 121 cm³/mol. The van der Waals surface area contributed by atoms with Gasteiger partial charge in [0.15, 0.2) is 5.17 Å². The van der Waals surface area contributed by atoms with Gasteiger partial charge >= 0.3 is 12.2 Å². The maximum atomic E-state index is 13.2. The van der Waals surface area contributed by atoms with Gasteiger partial charge in [0.2, 0.25) is 0 Å². The first kappa shape index (κ1) is 23.2. The summed E-state index contributed by atoms with van der Waals surface area (Å²) in [6.07, 6.45) is -4.53. The van der Waals surface area contributed by atoms with Crippen LogP contribution >= 0.6 is 11.8 Å². The summed E-state index contributed by atoms with van der Waals surface area (Å²) in [7, 11) is 0. The number of carbonyl (C=O) groups excluding carboxylic acids is 1. The number of carbonyl (C=O) groups is 1. The van der Waals surface area contributed by atoms with Gasteiger partial charge in [0, 0.05) is 5.69 Å². The Balaban J connectivity index is 1.81. The Labute approximate surface area is 185 Å². The monoisotopic (exact) mass is 449 g/mol. The highest BCUT2D eigenvalue weighted by Gasteiger charge is 2.40. The minimum absolute atomic E-state index is 0.0129. The molecule has 0 N–H and O–H groups in total. The molecule has 0 atom stereocenters. The summed E-state index contributed by atoms with van der Waals surface area (Å²) in [5.41, 5.74) is 3.62. The molecule has 0 aliphatic carbocycles. The highest BCUT2D eigenvalue weighted by molar-refractivity contribution is 8.14. The lowest BCUT2D eigenvalue weighted by Crippen LogP contribution is -2.53. The molecule has 1 aliphatic rings. The minimum Gasteiger partial charge on any atom is -0.284 e. The number of aliphatic imine (C=N–C) groups is 1. The second-order valence-corrected chi connectivity index (χ2v) is 9.48. The van der Waals surface area contributed by atoms with Crippen molar-refractivity contribution >= 4 is 28.6 Å². The molecular weight excluding hydrogens is 423 g/mol. The van der Waals surface area contributed by atoms with E-state index >= 15 is 0 Å². The molecule has 0 radical (unpaired) electrons. The van der Waals surface area contributed by atoms with Gasteiger partial charge in [-0.15, -0.1) is 0 Å². The van der Waals surface area contributed by atoms with Crippen molar-refractivity contribution < 1.29 is 18.0 Å². The second-order valence-electron chi connectivity index (χ2n) is 8.57. The average Bonchev–Trinajstić information content (AvgIpc) is 2.68. The van der Waals surface area contributed by atoms with Crippen molar-refractivity contribution in [2.24, 2.45) is 4.99 Å². The van der Waals surface area contributed by atoms with Crippen LogP contribution in [0.15, 0.2) is 53.5 Å². The van der Waals surface area contributed by atoms with Gasteiger partial charge < -0.3 is 0 Å². The predicted octanol–water partition coefficient (Wildman–Crippen LogP) is 6.34. The summed E-state index contributed by atoms with van der Waals surface area (Å²) in [5.74, 6) is 0.206. The number of urea groups is 1. The Hall–Kier alpha value is -2.48. The van der Waals surface area contributed by atoms with Crippen molar-refractivity contribution in [3.05, 3.63) is 65.2 Å². The normalized spacial score (nSPS) is 16.9. The summed E-state index contributed by atoms with van der Waals surface area (Å²) in [6, 6.07) is 14.2. The van der Waals surface area contributed by atoms with Crippen LogP contribution in [0.4, 0.5) is 23.7 Å². The number of thioether (sulfide) groups is 1. The molecule has 2 aromatic carbocycles. The third-order valence-electron chi connectivity index (χ3n) is 4.92. The Kier molecular flexibility index (Phi) is 6.69. The molecule has 8 heteroatoms. The Bertz CT molecular complexity index is 948. The molecule has 4 nitrogen and oxygen atoms in total. The molecule has 0 saturated carbocycles. The number of amides is 2. The number of hydrogen-bond donors (Lipinski definition) is 0. The zero-order valence-corrected chi connectivity index (χ0v) is 18.8. The van der Waals surface area contributed by atoms with Crippen molar-refractivity contribution in [3.8, 4) is 0 Å². The van der Waals surface area contributed by atoms with Crippen LogP contribution in [0.3, 0.4) is 0 Å². The molecule has 0 spiro atoms. The Morgan fingerprint density at radius 3 is 2.16 bits per heavy atom. The van der Waals surface area contributed by atoms with Crippen LogP contribution in [0.1, 0.15) is 37.5 Å². The van der Waals surface area contributed by atoms with Crippen molar-refractivity contribution in [2.75, 3.05) is 17.3 Å². The first-order valence-corrected chi connectivity index (χ1v) is 10.9. The number of halogens is 3. The van der Waals surface area contributed by atoms with Crippen molar-refractivity contribution in [1.29, 1.82) is 0 Å². The number of aryl methyl sites for hydroxylation is 1. The fraction of sp³-hybridized carbons (Fsp3) is 0.391. The molecule has 166 valence electrons. The van der Waals surface area contributed by atoms with E-state index in [0.29, 0.717) is 5.69 Å². The van der Waals surface area contributed by atoms with E-state index in [1.165, 1.54) is 10.5 Å². The smallest absolute Gasteiger partial charge is 0.284 e.